The minimum Gasteiger partial charge on any atom is -0.481 e. The second kappa shape index (κ2) is 17.2. The van der Waals surface area contributed by atoms with Gasteiger partial charge in [-0.1, -0.05) is 71.1 Å². The van der Waals surface area contributed by atoms with Gasteiger partial charge in [-0.2, -0.15) is 0 Å². The van der Waals surface area contributed by atoms with Crippen LogP contribution in [-0.4, -0.2) is 46.7 Å². The molecule has 5 heteroatoms. The minimum atomic E-state index is -0.884. The van der Waals surface area contributed by atoms with Gasteiger partial charge >= 0.3 is 5.97 Å². The van der Waals surface area contributed by atoms with Crippen molar-refractivity contribution in [3.8, 4) is 0 Å². The quantitative estimate of drug-likeness (QED) is 0.328. The molecule has 0 spiro atoms. The zero-order chi connectivity index (χ0) is 18.0. The van der Waals surface area contributed by atoms with E-state index in [2.05, 4.69) is 6.92 Å². The first-order valence-electron chi connectivity index (χ1n) is 9.72. The monoisotopic (exact) mass is 346 g/mol. The standard InChI is InChI=1S/C19H38O5/c1-2-3-4-5-6-7-8-9-10-11-12-18(13-14-19(22)23)24-16-17(21)15-20/h17-18,20-21H,2-16H2,1H3,(H,22,23). The summed E-state index contributed by atoms with van der Waals surface area (Å²) in [5, 5.41) is 26.9. The van der Waals surface area contributed by atoms with E-state index in [0.717, 1.165) is 19.3 Å². The lowest BCUT2D eigenvalue weighted by atomic mass is 10.0. The molecule has 0 rings (SSSR count). The zero-order valence-electron chi connectivity index (χ0n) is 15.4. The number of unbranched alkanes of at least 4 members (excludes halogenated alkanes) is 9. The highest BCUT2D eigenvalue weighted by Gasteiger charge is 2.13. The molecule has 0 aromatic heterocycles. The van der Waals surface area contributed by atoms with E-state index < -0.39 is 12.1 Å². The number of hydrogen-bond acceptors (Lipinski definition) is 4. The van der Waals surface area contributed by atoms with Crippen molar-refractivity contribution >= 4 is 5.97 Å². The van der Waals surface area contributed by atoms with E-state index in [4.69, 9.17) is 14.9 Å². The van der Waals surface area contributed by atoms with Crippen molar-refractivity contribution in [2.24, 2.45) is 0 Å². The molecule has 0 amide bonds. The summed E-state index contributed by atoms with van der Waals surface area (Å²) in [6, 6.07) is 0. The Labute approximate surface area is 147 Å². The van der Waals surface area contributed by atoms with Gasteiger partial charge in [-0.05, 0) is 12.8 Å². The molecule has 0 radical (unpaired) electrons. The molecule has 24 heavy (non-hydrogen) atoms. The fraction of sp³-hybridized carbons (Fsp3) is 0.947. The van der Waals surface area contributed by atoms with Gasteiger partial charge in [0.2, 0.25) is 0 Å². The van der Waals surface area contributed by atoms with Gasteiger partial charge in [-0.25, -0.2) is 0 Å². The number of hydrogen-bond donors (Lipinski definition) is 3. The molecule has 0 aromatic rings. The number of rotatable bonds is 18. The average molecular weight is 347 g/mol. The summed E-state index contributed by atoms with van der Waals surface area (Å²) in [7, 11) is 0. The van der Waals surface area contributed by atoms with Crippen LogP contribution in [0.15, 0.2) is 0 Å². The van der Waals surface area contributed by atoms with E-state index in [1.165, 1.54) is 51.4 Å². The largest absolute Gasteiger partial charge is 0.481 e. The van der Waals surface area contributed by atoms with Gasteiger partial charge in [0, 0.05) is 6.42 Å². The molecule has 0 saturated heterocycles. The van der Waals surface area contributed by atoms with E-state index in [1.807, 2.05) is 0 Å². The van der Waals surface area contributed by atoms with E-state index in [0.29, 0.717) is 6.42 Å². The summed E-state index contributed by atoms with van der Waals surface area (Å²) >= 11 is 0. The maximum atomic E-state index is 10.7. The number of aliphatic hydroxyl groups excluding tert-OH is 2. The molecule has 0 bridgehead atoms. The molecule has 0 saturated carbocycles. The van der Waals surface area contributed by atoms with Gasteiger partial charge in [0.05, 0.1) is 19.3 Å². The van der Waals surface area contributed by atoms with Crippen molar-refractivity contribution in [1.82, 2.24) is 0 Å². The summed E-state index contributed by atoms with van der Waals surface area (Å²) in [6.45, 7) is 1.97. The van der Waals surface area contributed by atoms with Gasteiger partial charge < -0.3 is 20.1 Å². The summed E-state index contributed by atoms with van der Waals surface area (Å²) in [6.07, 6.45) is 13.0. The smallest absolute Gasteiger partial charge is 0.303 e. The Bertz CT molecular complexity index is 283. The van der Waals surface area contributed by atoms with Crippen LogP contribution in [0, 0.1) is 0 Å². The van der Waals surface area contributed by atoms with E-state index in [9.17, 15) is 9.90 Å². The summed E-state index contributed by atoms with van der Waals surface area (Å²) in [5.41, 5.74) is 0. The van der Waals surface area contributed by atoms with Gasteiger partial charge in [0.15, 0.2) is 0 Å². The van der Waals surface area contributed by atoms with Crippen LogP contribution in [-0.2, 0) is 9.53 Å². The second-order valence-corrected chi connectivity index (χ2v) is 6.69. The predicted molar refractivity (Wildman–Crippen MR) is 96.2 cm³/mol. The average Bonchev–Trinajstić information content (AvgIpc) is 2.57. The van der Waals surface area contributed by atoms with Crippen molar-refractivity contribution in [2.75, 3.05) is 13.2 Å². The summed E-state index contributed by atoms with van der Waals surface area (Å²) in [4.78, 5) is 10.7. The van der Waals surface area contributed by atoms with Crippen LogP contribution in [0.4, 0.5) is 0 Å². The normalized spacial score (nSPS) is 13.8. The topological polar surface area (TPSA) is 87.0 Å². The Morgan fingerprint density at radius 3 is 1.96 bits per heavy atom. The summed E-state index contributed by atoms with van der Waals surface area (Å²) < 4.78 is 5.55. The Kier molecular flexibility index (Phi) is 16.7. The second-order valence-electron chi connectivity index (χ2n) is 6.69. The van der Waals surface area contributed by atoms with Crippen LogP contribution in [0.2, 0.25) is 0 Å². The first kappa shape index (κ1) is 23.4. The van der Waals surface area contributed by atoms with Crippen molar-refractivity contribution in [3.63, 3.8) is 0 Å². The fourth-order valence-corrected chi connectivity index (χ4v) is 2.75. The van der Waals surface area contributed by atoms with Crippen LogP contribution in [0.25, 0.3) is 0 Å². The number of carboxylic acids is 1. The van der Waals surface area contributed by atoms with Crippen molar-refractivity contribution < 1.29 is 24.9 Å². The Hall–Kier alpha value is -0.650. The molecular weight excluding hydrogens is 308 g/mol. The van der Waals surface area contributed by atoms with Gasteiger partial charge in [0.1, 0.15) is 6.10 Å². The third-order valence-corrected chi connectivity index (χ3v) is 4.29. The number of ether oxygens (including phenoxy) is 1. The van der Waals surface area contributed by atoms with Gasteiger partial charge in [-0.15, -0.1) is 0 Å². The highest BCUT2D eigenvalue weighted by Crippen LogP contribution is 2.15. The highest BCUT2D eigenvalue weighted by molar-refractivity contribution is 5.66. The van der Waals surface area contributed by atoms with Crippen molar-refractivity contribution in [2.45, 2.75) is 103 Å². The Balaban J connectivity index is 3.67. The van der Waals surface area contributed by atoms with Crippen LogP contribution in [0.5, 0.6) is 0 Å². The molecule has 144 valence electrons. The molecule has 0 heterocycles. The third-order valence-electron chi connectivity index (χ3n) is 4.29. The maximum Gasteiger partial charge on any atom is 0.303 e. The van der Waals surface area contributed by atoms with E-state index in [-0.39, 0.29) is 25.7 Å². The molecule has 0 aliphatic heterocycles. The number of aliphatic hydroxyl groups is 2. The lowest BCUT2D eigenvalue weighted by molar-refractivity contribution is -0.138. The van der Waals surface area contributed by atoms with E-state index in [1.54, 1.807) is 0 Å². The molecule has 2 atom stereocenters. The SMILES string of the molecule is CCCCCCCCCCCCC(CCC(=O)O)OCC(O)CO. The molecule has 3 N–H and O–H groups in total. The van der Waals surface area contributed by atoms with Crippen molar-refractivity contribution in [1.29, 1.82) is 0 Å². The molecule has 0 aliphatic carbocycles. The molecule has 2 unspecified atom stereocenters. The molecule has 5 nitrogen and oxygen atoms in total. The predicted octanol–water partition coefficient (Wildman–Crippen LogP) is 3.90. The third kappa shape index (κ3) is 16.2. The molecular formula is C19H38O5. The number of aliphatic carboxylic acids is 1. The first-order chi connectivity index (χ1) is 11.6. The molecule has 0 fully saturated rings. The van der Waals surface area contributed by atoms with E-state index >= 15 is 0 Å². The van der Waals surface area contributed by atoms with Crippen LogP contribution >= 0.6 is 0 Å². The first-order valence-corrected chi connectivity index (χ1v) is 9.72. The molecule has 0 aromatic carbocycles. The number of carboxylic acid groups (broad SMARTS) is 1. The molecule has 0 aliphatic rings. The minimum absolute atomic E-state index is 0.0680. The fourth-order valence-electron chi connectivity index (χ4n) is 2.75. The van der Waals surface area contributed by atoms with Gasteiger partial charge in [0.25, 0.3) is 0 Å². The van der Waals surface area contributed by atoms with Crippen LogP contribution in [0.3, 0.4) is 0 Å². The lowest BCUT2D eigenvalue weighted by Crippen LogP contribution is -2.25. The van der Waals surface area contributed by atoms with Gasteiger partial charge in [-0.3, -0.25) is 4.79 Å². The zero-order valence-corrected chi connectivity index (χ0v) is 15.4. The van der Waals surface area contributed by atoms with Crippen LogP contribution < -0.4 is 0 Å². The highest BCUT2D eigenvalue weighted by atomic mass is 16.5. The summed E-state index contributed by atoms with van der Waals surface area (Å²) in [5.74, 6) is -0.825. The maximum absolute atomic E-state index is 10.7. The number of carbonyl (C=O) groups is 1. The Morgan fingerprint density at radius 2 is 1.46 bits per heavy atom. The van der Waals surface area contributed by atoms with Crippen molar-refractivity contribution in [3.05, 3.63) is 0 Å². The van der Waals surface area contributed by atoms with Crippen LogP contribution in [0.1, 0.15) is 90.4 Å². The lowest BCUT2D eigenvalue weighted by Gasteiger charge is -2.18. The Morgan fingerprint density at radius 1 is 0.917 bits per heavy atom.